The van der Waals surface area contributed by atoms with Gasteiger partial charge in [0.05, 0.1) is 5.69 Å². The fourth-order valence-corrected chi connectivity index (χ4v) is 9.91. The van der Waals surface area contributed by atoms with Crippen LogP contribution in [0.15, 0.2) is 200 Å². The van der Waals surface area contributed by atoms with Gasteiger partial charge in [0.1, 0.15) is 0 Å². The highest BCUT2D eigenvalue weighted by Crippen LogP contribution is 2.52. The molecule has 0 unspecified atom stereocenters. The molecule has 0 N–H and O–H groups in total. The largest absolute Gasteiger partial charge is 0.310 e. The SMILES string of the molecule is Cc1cc(C)cc(-c2ccc(-c3cccc(C)c3-c3cc(-c4ccccc4)ccc3C)c(N(c3ccc(-c4ccccc4)cc3)c3ccc4c(c3)C(C)(C)c3ccccc3-4)c2)c1. The molecule has 0 heterocycles. The smallest absolute Gasteiger partial charge is 0.0546 e. The lowest BCUT2D eigenvalue weighted by Gasteiger charge is -2.31. The second kappa shape index (κ2) is 15.7. The summed E-state index contributed by atoms with van der Waals surface area (Å²) < 4.78 is 0. The van der Waals surface area contributed by atoms with Gasteiger partial charge in [-0.2, -0.15) is 0 Å². The zero-order valence-corrected chi connectivity index (χ0v) is 36.5. The monoisotopic (exact) mass is 797 g/mol. The van der Waals surface area contributed by atoms with Gasteiger partial charge < -0.3 is 4.90 Å². The quantitative estimate of drug-likeness (QED) is 0.148. The van der Waals surface area contributed by atoms with Crippen LogP contribution in [0.5, 0.6) is 0 Å². The molecule has 0 aliphatic heterocycles. The molecule has 0 amide bonds. The highest BCUT2D eigenvalue weighted by atomic mass is 15.1. The van der Waals surface area contributed by atoms with Crippen LogP contribution in [0.2, 0.25) is 0 Å². The van der Waals surface area contributed by atoms with Crippen molar-refractivity contribution >= 4 is 17.1 Å². The molecule has 62 heavy (non-hydrogen) atoms. The first-order chi connectivity index (χ1) is 30.1. The molecule has 0 radical (unpaired) electrons. The molecule has 0 saturated heterocycles. The molecule has 1 heteroatoms. The lowest BCUT2D eigenvalue weighted by molar-refractivity contribution is 0.660. The third-order valence-corrected chi connectivity index (χ3v) is 13.0. The normalized spacial score (nSPS) is 12.5. The van der Waals surface area contributed by atoms with Crippen LogP contribution >= 0.6 is 0 Å². The second-order valence-corrected chi connectivity index (χ2v) is 17.7. The first-order valence-corrected chi connectivity index (χ1v) is 21.8. The summed E-state index contributed by atoms with van der Waals surface area (Å²) in [5.74, 6) is 0. The van der Waals surface area contributed by atoms with E-state index in [1.54, 1.807) is 0 Å². The van der Waals surface area contributed by atoms with Crippen molar-refractivity contribution in [1.82, 2.24) is 0 Å². The molecule has 1 aliphatic carbocycles. The van der Waals surface area contributed by atoms with Crippen molar-refractivity contribution in [3.05, 3.63) is 234 Å². The standard InChI is InChI=1S/C61H51N/c1-40-34-41(2)36-49(35-40)48-28-32-54(55-22-15-16-43(4)60(55)56-37-47(25-24-42(56)3)45-19-11-8-12-20-45)59(38-48)62(50-29-26-46(27-30-50)44-17-9-7-10-18-44)51-31-33-53-52-21-13-14-23-57(52)61(5,6)58(53)39-51/h7-39H,1-6H3. The Morgan fingerprint density at radius 2 is 0.871 bits per heavy atom. The van der Waals surface area contributed by atoms with Gasteiger partial charge in [0.25, 0.3) is 0 Å². The summed E-state index contributed by atoms with van der Waals surface area (Å²) >= 11 is 0. The number of hydrogen-bond donors (Lipinski definition) is 0. The Labute approximate surface area is 367 Å². The summed E-state index contributed by atoms with van der Waals surface area (Å²) in [7, 11) is 0. The molecule has 10 rings (SSSR count). The van der Waals surface area contributed by atoms with E-state index in [1.807, 2.05) is 0 Å². The fraction of sp³-hybridized carbons (Fsp3) is 0.115. The van der Waals surface area contributed by atoms with Crippen LogP contribution in [0.1, 0.15) is 47.2 Å². The molecular formula is C61H51N. The molecule has 0 saturated carbocycles. The van der Waals surface area contributed by atoms with E-state index in [1.165, 1.54) is 100 Å². The van der Waals surface area contributed by atoms with Gasteiger partial charge in [0.2, 0.25) is 0 Å². The van der Waals surface area contributed by atoms with E-state index < -0.39 is 0 Å². The van der Waals surface area contributed by atoms with E-state index in [4.69, 9.17) is 0 Å². The number of hydrogen-bond acceptors (Lipinski definition) is 1. The van der Waals surface area contributed by atoms with Crippen LogP contribution in [0, 0.1) is 27.7 Å². The van der Waals surface area contributed by atoms with E-state index in [0.717, 1.165) is 17.1 Å². The summed E-state index contributed by atoms with van der Waals surface area (Å²) in [6.45, 7) is 13.6. The lowest BCUT2D eigenvalue weighted by Crippen LogP contribution is -2.17. The average Bonchev–Trinajstić information content (AvgIpc) is 3.52. The van der Waals surface area contributed by atoms with Gasteiger partial charge in [-0.3, -0.25) is 0 Å². The van der Waals surface area contributed by atoms with Gasteiger partial charge >= 0.3 is 0 Å². The first-order valence-electron chi connectivity index (χ1n) is 21.8. The Bertz CT molecular complexity index is 3100. The van der Waals surface area contributed by atoms with Gasteiger partial charge in [-0.1, -0.05) is 189 Å². The Morgan fingerprint density at radius 1 is 0.323 bits per heavy atom. The molecule has 9 aromatic carbocycles. The fourth-order valence-electron chi connectivity index (χ4n) is 9.91. The topological polar surface area (TPSA) is 3.24 Å². The number of benzene rings is 9. The van der Waals surface area contributed by atoms with E-state index in [2.05, 4.69) is 247 Å². The minimum Gasteiger partial charge on any atom is -0.310 e. The molecule has 0 aromatic heterocycles. The third-order valence-electron chi connectivity index (χ3n) is 13.0. The summed E-state index contributed by atoms with van der Waals surface area (Å²) in [5, 5.41) is 0. The van der Waals surface area contributed by atoms with E-state index in [-0.39, 0.29) is 5.41 Å². The van der Waals surface area contributed by atoms with Gasteiger partial charge in [0, 0.05) is 22.4 Å². The van der Waals surface area contributed by atoms with E-state index in [0.29, 0.717) is 0 Å². The van der Waals surface area contributed by atoms with Gasteiger partial charge in [-0.25, -0.2) is 0 Å². The number of aryl methyl sites for hydroxylation is 4. The van der Waals surface area contributed by atoms with Crippen LogP contribution in [0.4, 0.5) is 17.1 Å². The second-order valence-electron chi connectivity index (χ2n) is 17.7. The summed E-state index contributed by atoms with van der Waals surface area (Å²) in [6.07, 6.45) is 0. The average molecular weight is 798 g/mol. The number of rotatable bonds is 8. The molecule has 9 aromatic rings. The molecular weight excluding hydrogens is 747 g/mol. The molecule has 0 atom stereocenters. The van der Waals surface area contributed by atoms with Crippen molar-refractivity contribution in [3.63, 3.8) is 0 Å². The maximum atomic E-state index is 2.51. The van der Waals surface area contributed by atoms with Crippen molar-refractivity contribution in [3.8, 4) is 66.8 Å². The number of anilines is 3. The van der Waals surface area contributed by atoms with Crippen LogP contribution in [0.3, 0.4) is 0 Å². The molecule has 1 nitrogen and oxygen atoms in total. The summed E-state index contributed by atoms with van der Waals surface area (Å²) in [4.78, 5) is 2.51. The Kier molecular flexibility index (Phi) is 9.84. The van der Waals surface area contributed by atoms with Crippen molar-refractivity contribution < 1.29 is 0 Å². The van der Waals surface area contributed by atoms with Crippen LogP contribution in [-0.4, -0.2) is 0 Å². The van der Waals surface area contributed by atoms with E-state index >= 15 is 0 Å². The van der Waals surface area contributed by atoms with Crippen LogP contribution in [0.25, 0.3) is 66.8 Å². The van der Waals surface area contributed by atoms with Gasteiger partial charge in [0.15, 0.2) is 0 Å². The van der Waals surface area contributed by atoms with Crippen molar-refractivity contribution in [1.29, 1.82) is 0 Å². The van der Waals surface area contributed by atoms with Crippen molar-refractivity contribution in [2.24, 2.45) is 0 Å². The molecule has 0 spiro atoms. The summed E-state index contributed by atoms with van der Waals surface area (Å²) in [5.41, 5.74) is 25.7. The Hall–Kier alpha value is -7.22. The number of fused-ring (bicyclic) bond motifs is 3. The molecule has 1 aliphatic rings. The third kappa shape index (κ3) is 6.94. The van der Waals surface area contributed by atoms with E-state index in [9.17, 15) is 0 Å². The Morgan fingerprint density at radius 3 is 1.60 bits per heavy atom. The summed E-state index contributed by atoms with van der Waals surface area (Å²) in [6, 6.07) is 74.4. The zero-order chi connectivity index (χ0) is 42.5. The minimum atomic E-state index is -0.153. The molecule has 0 fully saturated rings. The van der Waals surface area contributed by atoms with Gasteiger partial charge in [-0.15, -0.1) is 0 Å². The molecule has 300 valence electrons. The number of nitrogens with zero attached hydrogens (tertiary/aromatic N) is 1. The van der Waals surface area contributed by atoms with Crippen molar-refractivity contribution in [2.75, 3.05) is 4.90 Å². The minimum absolute atomic E-state index is 0.153. The Balaban J connectivity index is 1.24. The van der Waals surface area contributed by atoms with Crippen LogP contribution < -0.4 is 4.90 Å². The first kappa shape index (κ1) is 38.9. The maximum Gasteiger partial charge on any atom is 0.0546 e. The van der Waals surface area contributed by atoms with Crippen molar-refractivity contribution in [2.45, 2.75) is 47.0 Å². The molecule has 0 bridgehead atoms. The predicted molar refractivity (Wildman–Crippen MR) is 265 cm³/mol. The predicted octanol–water partition coefficient (Wildman–Crippen LogP) is 17.0. The van der Waals surface area contributed by atoms with Crippen LogP contribution in [-0.2, 0) is 5.41 Å². The maximum absolute atomic E-state index is 2.51. The lowest BCUT2D eigenvalue weighted by atomic mass is 9.82. The highest BCUT2D eigenvalue weighted by molar-refractivity contribution is 5.98. The zero-order valence-electron chi connectivity index (χ0n) is 36.5. The highest BCUT2D eigenvalue weighted by Gasteiger charge is 2.36. The van der Waals surface area contributed by atoms with Gasteiger partial charge in [-0.05, 0) is 148 Å².